The van der Waals surface area contributed by atoms with Gasteiger partial charge in [-0.1, -0.05) is 35.3 Å². The maximum absolute atomic E-state index is 13.4. The van der Waals surface area contributed by atoms with Crippen LogP contribution in [0.2, 0.25) is 10.0 Å². The monoisotopic (exact) mass is 438 g/mol. The Morgan fingerprint density at radius 2 is 1.83 bits per heavy atom. The van der Waals surface area contributed by atoms with Gasteiger partial charge in [0.1, 0.15) is 5.58 Å². The van der Waals surface area contributed by atoms with Crippen LogP contribution in [0.3, 0.4) is 0 Å². The van der Waals surface area contributed by atoms with Gasteiger partial charge in [0.15, 0.2) is 5.43 Å². The minimum absolute atomic E-state index is 0.00949. The van der Waals surface area contributed by atoms with Crippen LogP contribution in [0.5, 0.6) is 0 Å². The maximum atomic E-state index is 13.4. The van der Waals surface area contributed by atoms with E-state index in [-0.39, 0.29) is 17.9 Å². The second-order valence-corrected chi connectivity index (χ2v) is 7.67. The van der Waals surface area contributed by atoms with E-state index in [2.05, 4.69) is 4.98 Å². The fourth-order valence-corrected chi connectivity index (χ4v) is 3.75. The molecule has 0 radical (unpaired) electrons. The molecule has 0 aliphatic rings. The van der Waals surface area contributed by atoms with E-state index in [0.717, 1.165) is 0 Å². The van der Waals surface area contributed by atoms with E-state index in [9.17, 15) is 9.59 Å². The lowest BCUT2D eigenvalue weighted by Crippen LogP contribution is -2.33. The number of hydrogen-bond donors (Lipinski definition) is 0. The standard InChI is InChI=1S/C23H16Cl2N2O3/c1-14-11-26-7-6-19(14)23(29)27(18-9-16(24)8-17(25)10-18)12-15-13-30-21-5-3-2-4-20(21)22(15)28/h2-11,13H,12H2,1H3. The number of aryl methyl sites for hydroxylation is 1. The SMILES string of the molecule is Cc1cnccc1C(=O)N(Cc1coc2ccccc2c1=O)c1cc(Cl)cc(Cl)c1. The second-order valence-electron chi connectivity index (χ2n) is 6.80. The molecule has 0 saturated heterocycles. The van der Waals surface area contributed by atoms with Crippen molar-refractivity contribution in [1.82, 2.24) is 4.98 Å². The van der Waals surface area contributed by atoms with Crippen LogP contribution >= 0.6 is 23.2 Å². The molecule has 0 aliphatic carbocycles. The van der Waals surface area contributed by atoms with Gasteiger partial charge in [-0.2, -0.15) is 0 Å². The number of aromatic nitrogens is 1. The van der Waals surface area contributed by atoms with Gasteiger partial charge in [-0.25, -0.2) is 0 Å². The average molecular weight is 439 g/mol. The van der Waals surface area contributed by atoms with Crippen LogP contribution in [0.4, 0.5) is 5.69 Å². The van der Waals surface area contributed by atoms with E-state index in [1.165, 1.54) is 11.2 Å². The molecule has 2 aromatic carbocycles. The minimum atomic E-state index is -0.305. The molecule has 0 unspecified atom stereocenters. The van der Waals surface area contributed by atoms with Crippen molar-refractivity contribution in [1.29, 1.82) is 0 Å². The highest BCUT2D eigenvalue weighted by molar-refractivity contribution is 6.35. The number of para-hydroxylation sites is 1. The van der Waals surface area contributed by atoms with Gasteiger partial charge in [-0.05, 0) is 48.9 Å². The van der Waals surface area contributed by atoms with Crippen LogP contribution in [-0.2, 0) is 6.54 Å². The number of anilines is 1. The molecule has 0 saturated carbocycles. The summed E-state index contributed by atoms with van der Waals surface area (Å²) >= 11 is 12.4. The summed E-state index contributed by atoms with van der Waals surface area (Å²) in [5.41, 5.74) is 2.28. The normalized spacial score (nSPS) is 10.9. The Morgan fingerprint density at radius 1 is 1.10 bits per heavy atom. The van der Waals surface area contributed by atoms with Crippen molar-refractivity contribution in [2.45, 2.75) is 13.5 Å². The summed E-state index contributed by atoms with van der Waals surface area (Å²) in [5, 5.41) is 1.21. The first kappa shape index (κ1) is 20.1. The summed E-state index contributed by atoms with van der Waals surface area (Å²) in [7, 11) is 0. The molecular weight excluding hydrogens is 423 g/mol. The fraction of sp³-hybridized carbons (Fsp3) is 0.0870. The third-order valence-electron chi connectivity index (χ3n) is 4.73. The first-order valence-electron chi connectivity index (χ1n) is 9.12. The van der Waals surface area contributed by atoms with Crippen LogP contribution in [-0.4, -0.2) is 10.9 Å². The molecule has 2 aromatic heterocycles. The summed E-state index contributed by atoms with van der Waals surface area (Å²) in [4.78, 5) is 31.9. The number of rotatable bonds is 4. The third kappa shape index (κ3) is 3.95. The zero-order valence-corrected chi connectivity index (χ0v) is 17.4. The minimum Gasteiger partial charge on any atom is -0.464 e. The molecule has 30 heavy (non-hydrogen) atoms. The Kier molecular flexibility index (Phi) is 5.57. The summed E-state index contributed by atoms with van der Waals surface area (Å²) in [6.07, 6.45) is 4.55. The van der Waals surface area contributed by atoms with Crippen LogP contribution < -0.4 is 10.3 Å². The fourth-order valence-electron chi connectivity index (χ4n) is 3.23. The van der Waals surface area contributed by atoms with Crippen LogP contribution in [0.15, 0.2) is 76.4 Å². The number of hydrogen-bond acceptors (Lipinski definition) is 4. The Morgan fingerprint density at radius 3 is 2.57 bits per heavy atom. The molecule has 0 aliphatic heterocycles. The summed E-state index contributed by atoms with van der Waals surface area (Å²) in [5.74, 6) is -0.305. The van der Waals surface area contributed by atoms with Gasteiger partial charge >= 0.3 is 0 Å². The molecule has 4 aromatic rings. The molecule has 0 bridgehead atoms. The van der Waals surface area contributed by atoms with E-state index in [0.29, 0.717) is 43.4 Å². The lowest BCUT2D eigenvalue weighted by molar-refractivity contribution is 0.0984. The first-order valence-corrected chi connectivity index (χ1v) is 9.87. The third-order valence-corrected chi connectivity index (χ3v) is 5.17. The number of benzene rings is 2. The average Bonchev–Trinajstić information content (AvgIpc) is 2.73. The molecule has 7 heteroatoms. The summed E-state index contributed by atoms with van der Waals surface area (Å²) in [6.45, 7) is 1.79. The summed E-state index contributed by atoms with van der Waals surface area (Å²) in [6, 6.07) is 13.5. The van der Waals surface area contributed by atoms with Gasteiger partial charge in [-0.3, -0.25) is 14.6 Å². The van der Waals surface area contributed by atoms with Crippen LogP contribution in [0.1, 0.15) is 21.5 Å². The van der Waals surface area contributed by atoms with Crippen molar-refractivity contribution in [2.75, 3.05) is 4.90 Å². The number of carbonyl (C=O) groups is 1. The number of halogens is 2. The van der Waals surface area contributed by atoms with E-state index < -0.39 is 0 Å². The lowest BCUT2D eigenvalue weighted by atomic mass is 10.1. The second kappa shape index (κ2) is 8.30. The van der Waals surface area contributed by atoms with Gasteiger partial charge in [-0.15, -0.1) is 0 Å². The summed E-state index contributed by atoms with van der Waals surface area (Å²) < 4.78 is 5.62. The molecule has 150 valence electrons. The van der Waals surface area contributed by atoms with Crippen molar-refractivity contribution in [3.05, 3.63) is 104 Å². The van der Waals surface area contributed by atoms with Gasteiger partial charge < -0.3 is 9.32 Å². The maximum Gasteiger partial charge on any atom is 0.258 e. The van der Waals surface area contributed by atoms with Crippen molar-refractivity contribution in [2.24, 2.45) is 0 Å². The number of nitrogens with zero attached hydrogens (tertiary/aromatic N) is 2. The topological polar surface area (TPSA) is 63.4 Å². The largest absolute Gasteiger partial charge is 0.464 e. The molecule has 0 fully saturated rings. The van der Waals surface area contributed by atoms with Gasteiger partial charge in [0.05, 0.1) is 23.8 Å². The number of fused-ring (bicyclic) bond motifs is 1. The molecule has 5 nitrogen and oxygen atoms in total. The van der Waals surface area contributed by atoms with Crippen molar-refractivity contribution in [3.8, 4) is 0 Å². The van der Waals surface area contributed by atoms with Crippen molar-refractivity contribution in [3.63, 3.8) is 0 Å². The van der Waals surface area contributed by atoms with E-state index in [1.807, 2.05) is 0 Å². The van der Waals surface area contributed by atoms with E-state index in [4.69, 9.17) is 27.6 Å². The van der Waals surface area contributed by atoms with Gasteiger partial charge in [0, 0.05) is 33.7 Å². The smallest absolute Gasteiger partial charge is 0.258 e. The molecule has 2 heterocycles. The highest BCUT2D eigenvalue weighted by atomic mass is 35.5. The predicted molar refractivity (Wildman–Crippen MR) is 118 cm³/mol. The van der Waals surface area contributed by atoms with E-state index in [1.54, 1.807) is 67.8 Å². The lowest BCUT2D eigenvalue weighted by Gasteiger charge is -2.24. The number of carbonyl (C=O) groups excluding carboxylic acids is 1. The predicted octanol–water partition coefficient (Wildman–Crippen LogP) is 5.65. The molecule has 4 rings (SSSR count). The van der Waals surface area contributed by atoms with Gasteiger partial charge in [0.25, 0.3) is 5.91 Å². The molecular formula is C23H16Cl2N2O3. The number of amides is 1. The Bertz CT molecular complexity index is 1300. The molecule has 0 atom stereocenters. The van der Waals surface area contributed by atoms with Gasteiger partial charge in [0.2, 0.25) is 0 Å². The van der Waals surface area contributed by atoms with Crippen LogP contribution in [0.25, 0.3) is 11.0 Å². The first-order chi connectivity index (χ1) is 14.4. The zero-order chi connectivity index (χ0) is 21.3. The quantitative estimate of drug-likeness (QED) is 0.412. The Labute approximate surface area is 182 Å². The molecule has 0 N–H and O–H groups in total. The highest BCUT2D eigenvalue weighted by Crippen LogP contribution is 2.28. The Balaban J connectivity index is 1.84. The van der Waals surface area contributed by atoms with Crippen molar-refractivity contribution >= 4 is 45.8 Å². The zero-order valence-electron chi connectivity index (χ0n) is 15.9. The number of pyridine rings is 1. The van der Waals surface area contributed by atoms with Crippen LogP contribution in [0, 0.1) is 6.92 Å². The molecule has 1 amide bonds. The van der Waals surface area contributed by atoms with Crippen molar-refractivity contribution < 1.29 is 9.21 Å². The Hall–Kier alpha value is -3.15. The molecule has 0 spiro atoms. The highest BCUT2D eigenvalue weighted by Gasteiger charge is 2.22. The van der Waals surface area contributed by atoms with E-state index >= 15 is 0 Å².